The zero-order chi connectivity index (χ0) is 12.3. The number of para-hydroxylation sites is 1. The number of piperidine rings is 1. The second-order valence-electron chi connectivity index (χ2n) is 5.18. The van der Waals surface area contributed by atoms with E-state index in [1.807, 2.05) is 12.1 Å². The molecule has 0 saturated carbocycles. The molecule has 2 rings (SSSR count). The van der Waals surface area contributed by atoms with E-state index < -0.39 is 0 Å². The second-order valence-corrected chi connectivity index (χ2v) is 5.18. The summed E-state index contributed by atoms with van der Waals surface area (Å²) in [7, 11) is 2.13. The van der Waals surface area contributed by atoms with Crippen molar-refractivity contribution in [3.8, 4) is 0 Å². The van der Waals surface area contributed by atoms with E-state index in [2.05, 4.69) is 36.3 Å². The zero-order valence-corrected chi connectivity index (χ0v) is 10.7. The Kier molecular flexibility index (Phi) is 3.69. The molecule has 0 aromatic heterocycles. The quantitative estimate of drug-likeness (QED) is 0.838. The normalized spacial score (nSPS) is 20.2. The molecule has 0 spiro atoms. The molecule has 2 N–H and O–H groups in total. The van der Waals surface area contributed by atoms with Gasteiger partial charge in [-0.1, -0.05) is 18.2 Å². The highest BCUT2D eigenvalue weighted by atomic mass is 16.3. The predicted molar refractivity (Wildman–Crippen MR) is 71.3 cm³/mol. The summed E-state index contributed by atoms with van der Waals surface area (Å²) in [6, 6.07) is 8.27. The first-order valence-electron chi connectivity index (χ1n) is 6.28. The van der Waals surface area contributed by atoms with Crippen LogP contribution in [-0.2, 0) is 0 Å². The Balaban J connectivity index is 2.12. The summed E-state index contributed by atoms with van der Waals surface area (Å²) >= 11 is 0. The van der Waals surface area contributed by atoms with E-state index in [-0.39, 0.29) is 12.1 Å². The van der Waals surface area contributed by atoms with Gasteiger partial charge in [-0.2, -0.15) is 0 Å². The third-order valence-corrected chi connectivity index (χ3v) is 3.79. The summed E-state index contributed by atoms with van der Waals surface area (Å²) in [6.45, 7) is 4.39. The molecule has 1 aromatic rings. The highest BCUT2D eigenvalue weighted by Crippen LogP contribution is 2.27. The zero-order valence-electron chi connectivity index (χ0n) is 10.7. The molecule has 1 aliphatic heterocycles. The molecular weight excluding hydrogens is 212 g/mol. The van der Waals surface area contributed by atoms with Crippen LogP contribution >= 0.6 is 0 Å². The minimum Gasteiger partial charge on any atom is -0.394 e. The summed E-state index contributed by atoms with van der Waals surface area (Å²) in [5, 5.41) is 13.3. The lowest BCUT2D eigenvalue weighted by molar-refractivity contribution is 0.133. The van der Waals surface area contributed by atoms with Crippen LogP contribution in [0.5, 0.6) is 0 Å². The van der Waals surface area contributed by atoms with Gasteiger partial charge in [0.2, 0.25) is 0 Å². The Morgan fingerprint density at radius 3 is 2.53 bits per heavy atom. The molecule has 1 saturated heterocycles. The molecule has 1 aromatic carbocycles. The fourth-order valence-corrected chi connectivity index (χ4v) is 2.37. The molecular formula is C14H22N2O. The van der Waals surface area contributed by atoms with Crippen LogP contribution in [0.2, 0.25) is 0 Å². The number of anilines is 1. The Morgan fingerprint density at radius 1 is 1.29 bits per heavy atom. The van der Waals surface area contributed by atoms with Gasteiger partial charge in [0, 0.05) is 18.8 Å². The highest BCUT2D eigenvalue weighted by Gasteiger charge is 2.33. The second kappa shape index (κ2) is 5.07. The van der Waals surface area contributed by atoms with Crippen LogP contribution in [0.15, 0.2) is 24.3 Å². The predicted octanol–water partition coefficient (Wildman–Crippen LogP) is 1.86. The summed E-state index contributed by atoms with van der Waals surface area (Å²) < 4.78 is 0. The van der Waals surface area contributed by atoms with E-state index >= 15 is 0 Å². The molecule has 0 bridgehead atoms. The summed E-state index contributed by atoms with van der Waals surface area (Å²) in [6.07, 6.45) is 1.99. The number of aliphatic hydroxyl groups excluding tert-OH is 1. The molecule has 0 radical (unpaired) electrons. The van der Waals surface area contributed by atoms with Crippen molar-refractivity contribution in [2.75, 3.05) is 32.1 Å². The van der Waals surface area contributed by atoms with Gasteiger partial charge >= 0.3 is 0 Å². The Bertz CT molecular complexity index is 370. The molecule has 94 valence electrons. The van der Waals surface area contributed by atoms with Gasteiger partial charge in [0.05, 0.1) is 12.1 Å². The van der Waals surface area contributed by atoms with E-state index in [1.165, 1.54) is 5.56 Å². The van der Waals surface area contributed by atoms with Crippen molar-refractivity contribution in [3.05, 3.63) is 29.8 Å². The maximum absolute atomic E-state index is 9.70. The standard InChI is InChI=1S/C14H22N2O/c1-12-5-3-4-6-13(12)15-14(11-17)7-9-16(2)10-8-14/h3-6,15,17H,7-11H2,1-2H3. The van der Waals surface area contributed by atoms with Crippen molar-refractivity contribution < 1.29 is 5.11 Å². The molecule has 0 unspecified atom stereocenters. The molecule has 3 heteroatoms. The van der Waals surface area contributed by atoms with Gasteiger partial charge in [0.15, 0.2) is 0 Å². The van der Waals surface area contributed by atoms with E-state index in [1.54, 1.807) is 0 Å². The van der Waals surface area contributed by atoms with Crippen molar-refractivity contribution in [2.24, 2.45) is 0 Å². The number of hydrogen-bond donors (Lipinski definition) is 2. The fourth-order valence-electron chi connectivity index (χ4n) is 2.37. The van der Waals surface area contributed by atoms with E-state index in [0.717, 1.165) is 31.6 Å². The SMILES string of the molecule is Cc1ccccc1NC1(CO)CCN(C)CC1. The van der Waals surface area contributed by atoms with Crippen LogP contribution in [0.3, 0.4) is 0 Å². The maximum Gasteiger partial charge on any atom is 0.0662 e. The number of nitrogens with one attached hydrogen (secondary N) is 1. The number of benzene rings is 1. The lowest BCUT2D eigenvalue weighted by atomic mass is 9.88. The first kappa shape index (κ1) is 12.4. The van der Waals surface area contributed by atoms with Gasteiger partial charge < -0.3 is 15.3 Å². The topological polar surface area (TPSA) is 35.5 Å². The van der Waals surface area contributed by atoms with Crippen LogP contribution < -0.4 is 5.32 Å². The van der Waals surface area contributed by atoms with Crippen LogP contribution in [0, 0.1) is 6.92 Å². The van der Waals surface area contributed by atoms with Crippen LogP contribution in [0.25, 0.3) is 0 Å². The fraction of sp³-hybridized carbons (Fsp3) is 0.571. The van der Waals surface area contributed by atoms with Gasteiger partial charge in [-0.15, -0.1) is 0 Å². The van der Waals surface area contributed by atoms with Crippen molar-refractivity contribution >= 4 is 5.69 Å². The summed E-state index contributed by atoms with van der Waals surface area (Å²) in [5.74, 6) is 0. The number of rotatable bonds is 3. The Hall–Kier alpha value is -1.06. The number of nitrogens with zero attached hydrogens (tertiary/aromatic N) is 1. The average molecular weight is 234 g/mol. The Morgan fingerprint density at radius 2 is 1.94 bits per heavy atom. The van der Waals surface area contributed by atoms with E-state index in [4.69, 9.17) is 0 Å². The van der Waals surface area contributed by atoms with Gasteiger partial charge in [0.1, 0.15) is 0 Å². The largest absolute Gasteiger partial charge is 0.394 e. The molecule has 1 heterocycles. The van der Waals surface area contributed by atoms with E-state index in [9.17, 15) is 5.11 Å². The molecule has 0 amide bonds. The number of likely N-dealkylation sites (tertiary alicyclic amines) is 1. The molecule has 0 aliphatic carbocycles. The van der Waals surface area contributed by atoms with Crippen molar-refractivity contribution in [1.29, 1.82) is 0 Å². The lowest BCUT2D eigenvalue weighted by Crippen LogP contribution is -2.50. The Labute approximate surface area is 103 Å². The third-order valence-electron chi connectivity index (χ3n) is 3.79. The van der Waals surface area contributed by atoms with Gasteiger partial charge in [-0.05, 0) is 38.4 Å². The third kappa shape index (κ3) is 2.79. The molecule has 17 heavy (non-hydrogen) atoms. The van der Waals surface area contributed by atoms with Crippen molar-refractivity contribution in [3.63, 3.8) is 0 Å². The molecule has 0 atom stereocenters. The monoisotopic (exact) mass is 234 g/mol. The van der Waals surface area contributed by atoms with Gasteiger partial charge in [0.25, 0.3) is 0 Å². The summed E-state index contributed by atoms with van der Waals surface area (Å²) in [5.41, 5.74) is 2.24. The minimum atomic E-state index is -0.140. The lowest BCUT2D eigenvalue weighted by Gasteiger charge is -2.41. The molecule has 1 fully saturated rings. The van der Waals surface area contributed by atoms with Crippen LogP contribution in [-0.4, -0.2) is 42.3 Å². The number of hydrogen-bond acceptors (Lipinski definition) is 3. The minimum absolute atomic E-state index is 0.140. The van der Waals surface area contributed by atoms with Gasteiger partial charge in [-0.25, -0.2) is 0 Å². The molecule has 1 aliphatic rings. The van der Waals surface area contributed by atoms with E-state index in [0.29, 0.717) is 0 Å². The van der Waals surface area contributed by atoms with Crippen molar-refractivity contribution in [2.45, 2.75) is 25.3 Å². The first-order valence-corrected chi connectivity index (χ1v) is 6.28. The smallest absolute Gasteiger partial charge is 0.0662 e. The van der Waals surface area contributed by atoms with Crippen LogP contribution in [0.4, 0.5) is 5.69 Å². The first-order chi connectivity index (χ1) is 8.15. The maximum atomic E-state index is 9.70. The number of aliphatic hydroxyl groups is 1. The average Bonchev–Trinajstić information content (AvgIpc) is 2.35. The van der Waals surface area contributed by atoms with Crippen LogP contribution in [0.1, 0.15) is 18.4 Å². The molecule has 3 nitrogen and oxygen atoms in total. The number of aryl methyl sites for hydroxylation is 1. The highest BCUT2D eigenvalue weighted by molar-refractivity contribution is 5.52. The summed E-state index contributed by atoms with van der Waals surface area (Å²) in [4.78, 5) is 2.31. The van der Waals surface area contributed by atoms with Crippen molar-refractivity contribution in [1.82, 2.24) is 4.90 Å². The van der Waals surface area contributed by atoms with Gasteiger partial charge in [-0.3, -0.25) is 0 Å².